The van der Waals surface area contributed by atoms with Crippen LogP contribution >= 0.6 is 0 Å². The first-order valence-electron chi connectivity index (χ1n) is 7.67. The maximum absolute atomic E-state index is 11.9. The van der Waals surface area contributed by atoms with Gasteiger partial charge in [-0.15, -0.1) is 0 Å². The van der Waals surface area contributed by atoms with Crippen LogP contribution in [0.1, 0.15) is 33.6 Å². The normalized spacial score (nSPS) is 31.6. The topological polar surface area (TPSA) is 119 Å². The lowest BCUT2D eigenvalue weighted by molar-refractivity contribution is -0.235. The molecule has 1 unspecified atom stereocenters. The molecule has 1 aliphatic heterocycles. The number of rotatable bonds is 6. The molecular weight excluding hydrogens is 302 g/mol. The van der Waals surface area contributed by atoms with Gasteiger partial charge in [0.2, 0.25) is 5.91 Å². The molecule has 0 bridgehead atoms. The van der Waals surface area contributed by atoms with E-state index in [2.05, 4.69) is 11.4 Å². The Kier molecular flexibility index (Phi) is 7.87. The first-order valence-corrected chi connectivity index (χ1v) is 7.67. The highest BCUT2D eigenvalue weighted by Crippen LogP contribution is 2.19. The van der Waals surface area contributed by atoms with Crippen molar-refractivity contribution in [3.63, 3.8) is 0 Å². The van der Waals surface area contributed by atoms with Gasteiger partial charge in [-0.05, 0) is 33.6 Å². The molecule has 7 heteroatoms. The van der Waals surface area contributed by atoms with Crippen molar-refractivity contribution < 1.29 is 30.0 Å². The van der Waals surface area contributed by atoms with Crippen LogP contribution in [0.2, 0.25) is 0 Å². The van der Waals surface area contributed by atoms with E-state index >= 15 is 0 Å². The fraction of sp³-hybridized carbons (Fsp3) is 0.688. The van der Waals surface area contributed by atoms with E-state index in [4.69, 9.17) is 9.84 Å². The standard InChI is InChI=1S/C16H27NO6/c1-9(2)5-4-6-10(3)7-12(19)17-16-15(22)14(21)13(20)11(8-18)23-16/h5,7,11,13-16,18,20-22H,4,6,8H2,1-3H3,(H,17,19)/b10-7+/t11-,13+,14+,15-,16?/m1/s1. The van der Waals surface area contributed by atoms with Crippen molar-refractivity contribution in [1.82, 2.24) is 5.32 Å². The average molecular weight is 329 g/mol. The van der Waals surface area contributed by atoms with Crippen LogP contribution < -0.4 is 5.32 Å². The molecule has 132 valence electrons. The van der Waals surface area contributed by atoms with Crippen molar-refractivity contribution in [3.8, 4) is 0 Å². The lowest BCUT2D eigenvalue weighted by Crippen LogP contribution is -2.63. The molecule has 7 nitrogen and oxygen atoms in total. The van der Waals surface area contributed by atoms with Crippen LogP contribution in [0.15, 0.2) is 23.3 Å². The Morgan fingerprint density at radius 1 is 1.13 bits per heavy atom. The van der Waals surface area contributed by atoms with E-state index in [0.29, 0.717) is 0 Å². The highest BCUT2D eigenvalue weighted by atomic mass is 16.6. The molecule has 1 heterocycles. The van der Waals surface area contributed by atoms with Gasteiger partial charge in [0.05, 0.1) is 6.61 Å². The van der Waals surface area contributed by atoms with E-state index in [-0.39, 0.29) is 0 Å². The molecule has 1 fully saturated rings. The summed E-state index contributed by atoms with van der Waals surface area (Å²) in [6.45, 7) is 5.30. The van der Waals surface area contributed by atoms with Gasteiger partial charge in [0.1, 0.15) is 24.4 Å². The van der Waals surface area contributed by atoms with Crippen molar-refractivity contribution in [1.29, 1.82) is 0 Å². The molecular formula is C16H27NO6. The monoisotopic (exact) mass is 329 g/mol. The van der Waals surface area contributed by atoms with Gasteiger partial charge in [0.25, 0.3) is 0 Å². The number of hydrogen-bond acceptors (Lipinski definition) is 6. The summed E-state index contributed by atoms with van der Waals surface area (Å²) < 4.78 is 5.21. The van der Waals surface area contributed by atoms with Crippen LogP contribution in [-0.4, -0.2) is 63.6 Å². The Bertz CT molecular complexity index is 455. The zero-order chi connectivity index (χ0) is 17.6. The molecule has 5 N–H and O–H groups in total. The van der Waals surface area contributed by atoms with Crippen molar-refractivity contribution >= 4 is 5.91 Å². The largest absolute Gasteiger partial charge is 0.394 e. The van der Waals surface area contributed by atoms with Crippen molar-refractivity contribution in [2.24, 2.45) is 0 Å². The second kappa shape index (κ2) is 9.14. The summed E-state index contributed by atoms with van der Waals surface area (Å²) >= 11 is 0. The molecule has 5 atom stereocenters. The molecule has 0 saturated carbocycles. The molecule has 0 aromatic rings. The lowest BCUT2D eigenvalue weighted by atomic mass is 9.98. The van der Waals surface area contributed by atoms with Crippen LogP contribution in [0.25, 0.3) is 0 Å². The van der Waals surface area contributed by atoms with Gasteiger partial charge in [0, 0.05) is 6.08 Å². The van der Waals surface area contributed by atoms with Gasteiger partial charge < -0.3 is 30.5 Å². The molecule has 0 spiro atoms. The van der Waals surface area contributed by atoms with Crippen LogP contribution in [0.4, 0.5) is 0 Å². The van der Waals surface area contributed by atoms with Crippen molar-refractivity contribution in [2.75, 3.05) is 6.61 Å². The van der Waals surface area contributed by atoms with E-state index in [0.717, 1.165) is 18.4 Å². The first kappa shape index (κ1) is 19.8. The molecule has 0 aromatic heterocycles. The number of allylic oxidation sites excluding steroid dienone is 3. The summed E-state index contributed by atoms with van der Waals surface area (Å²) in [5.41, 5.74) is 2.08. The molecule has 1 rings (SSSR count). The number of aliphatic hydroxyl groups is 4. The van der Waals surface area contributed by atoms with Gasteiger partial charge in [-0.2, -0.15) is 0 Å². The summed E-state index contributed by atoms with van der Waals surface area (Å²) in [5.74, 6) is -0.468. The predicted molar refractivity (Wildman–Crippen MR) is 84.3 cm³/mol. The number of nitrogens with one attached hydrogen (secondary N) is 1. The van der Waals surface area contributed by atoms with Crippen LogP contribution in [0.5, 0.6) is 0 Å². The molecule has 0 aliphatic carbocycles. The number of ether oxygens (including phenoxy) is 1. The zero-order valence-electron chi connectivity index (χ0n) is 13.8. The fourth-order valence-electron chi connectivity index (χ4n) is 2.29. The molecule has 1 amide bonds. The Labute approximate surface area is 136 Å². The summed E-state index contributed by atoms with van der Waals surface area (Å²) in [6, 6.07) is 0. The highest BCUT2D eigenvalue weighted by molar-refractivity contribution is 5.88. The smallest absolute Gasteiger partial charge is 0.245 e. The summed E-state index contributed by atoms with van der Waals surface area (Å²) in [4.78, 5) is 11.9. The summed E-state index contributed by atoms with van der Waals surface area (Å²) in [6.07, 6.45) is -1.62. The van der Waals surface area contributed by atoms with Gasteiger partial charge in [-0.25, -0.2) is 0 Å². The Balaban J connectivity index is 2.60. The molecule has 1 saturated heterocycles. The number of aliphatic hydroxyl groups excluding tert-OH is 4. The maximum atomic E-state index is 11.9. The molecule has 0 radical (unpaired) electrons. The lowest BCUT2D eigenvalue weighted by Gasteiger charge is -2.39. The van der Waals surface area contributed by atoms with Gasteiger partial charge in [-0.3, -0.25) is 4.79 Å². The van der Waals surface area contributed by atoms with E-state index in [1.54, 1.807) is 0 Å². The molecule has 23 heavy (non-hydrogen) atoms. The van der Waals surface area contributed by atoms with Crippen molar-refractivity contribution in [2.45, 2.75) is 64.3 Å². The predicted octanol–water partition coefficient (Wildman–Crippen LogP) is -0.405. The third-order valence-electron chi connectivity index (χ3n) is 3.65. The average Bonchev–Trinajstić information content (AvgIpc) is 2.47. The van der Waals surface area contributed by atoms with Gasteiger partial charge in [-0.1, -0.05) is 17.2 Å². The number of amides is 1. The highest BCUT2D eigenvalue weighted by Gasteiger charge is 2.43. The number of carbonyl (C=O) groups is 1. The van der Waals surface area contributed by atoms with E-state index in [1.165, 1.54) is 11.6 Å². The molecule has 0 aromatic carbocycles. The minimum absolute atomic E-state index is 0.468. The van der Waals surface area contributed by atoms with E-state index < -0.39 is 43.2 Å². The van der Waals surface area contributed by atoms with Crippen molar-refractivity contribution in [3.05, 3.63) is 23.3 Å². The van der Waals surface area contributed by atoms with Gasteiger partial charge in [0.15, 0.2) is 6.23 Å². The van der Waals surface area contributed by atoms with Gasteiger partial charge >= 0.3 is 0 Å². The Morgan fingerprint density at radius 3 is 2.35 bits per heavy atom. The van der Waals surface area contributed by atoms with E-state index in [1.807, 2.05) is 20.8 Å². The van der Waals surface area contributed by atoms with E-state index in [9.17, 15) is 20.1 Å². The van der Waals surface area contributed by atoms with Crippen LogP contribution in [0.3, 0.4) is 0 Å². The minimum Gasteiger partial charge on any atom is -0.394 e. The third-order valence-corrected chi connectivity index (χ3v) is 3.65. The fourth-order valence-corrected chi connectivity index (χ4v) is 2.29. The second-order valence-corrected chi connectivity index (χ2v) is 6.07. The maximum Gasteiger partial charge on any atom is 0.245 e. The quantitative estimate of drug-likeness (QED) is 0.334. The van der Waals surface area contributed by atoms with Crippen LogP contribution in [-0.2, 0) is 9.53 Å². The Morgan fingerprint density at radius 2 is 1.78 bits per heavy atom. The minimum atomic E-state index is -1.51. The SMILES string of the molecule is CC(C)=CCC/C(C)=C/C(=O)NC1O[C@H](CO)[C@H](O)[C@H](O)[C@H]1O. The Hall–Kier alpha value is -1.25. The molecule has 1 aliphatic rings. The third kappa shape index (κ3) is 6.04. The summed E-state index contributed by atoms with van der Waals surface area (Å²) in [7, 11) is 0. The first-order chi connectivity index (χ1) is 10.8. The number of carbonyl (C=O) groups excluding carboxylic acids is 1. The summed E-state index contributed by atoms with van der Waals surface area (Å²) in [5, 5.41) is 40.7. The van der Waals surface area contributed by atoms with Crippen LogP contribution in [0, 0.1) is 0 Å². The second-order valence-electron chi connectivity index (χ2n) is 6.07. The zero-order valence-corrected chi connectivity index (χ0v) is 13.8. The number of hydrogen-bond donors (Lipinski definition) is 5.